The van der Waals surface area contributed by atoms with E-state index in [2.05, 4.69) is 19.1 Å². The summed E-state index contributed by atoms with van der Waals surface area (Å²) in [7, 11) is 0. The van der Waals surface area contributed by atoms with Gasteiger partial charge in [0.1, 0.15) is 0 Å². The monoisotopic (exact) mass is 177 g/mol. The molecule has 1 unspecified atom stereocenters. The third-order valence-corrected chi connectivity index (χ3v) is 1.84. The summed E-state index contributed by atoms with van der Waals surface area (Å²) in [6, 6.07) is 10.3. The number of hydrogen-bond acceptors (Lipinski definition) is 1. The van der Waals surface area contributed by atoms with Crippen LogP contribution in [0.1, 0.15) is 38.7 Å². The molecule has 0 fully saturated rings. The smallest absolute Gasteiger partial charge is 0.00418 e. The van der Waals surface area contributed by atoms with Gasteiger partial charge in [0.2, 0.25) is 0 Å². The Bertz CT molecular complexity index is 216. The fourth-order valence-electron chi connectivity index (χ4n) is 1.09. The van der Waals surface area contributed by atoms with Crippen molar-refractivity contribution in [3.63, 3.8) is 0 Å². The average molecular weight is 177 g/mol. The predicted octanol–water partition coefficient (Wildman–Crippen LogP) is 3.86. The van der Waals surface area contributed by atoms with E-state index in [0.717, 1.165) is 6.42 Å². The molecule has 13 heavy (non-hydrogen) atoms. The number of rotatable bonds is 3. The summed E-state index contributed by atoms with van der Waals surface area (Å²) in [6.45, 7) is 6.14. The van der Waals surface area contributed by atoms with Crippen molar-refractivity contribution in [2.75, 3.05) is 0 Å². The number of benzene rings is 1. The average Bonchev–Trinajstić information content (AvgIpc) is 2.23. The molecule has 72 valence electrons. The molecule has 0 spiro atoms. The Labute approximate surface area is 81.3 Å². The summed E-state index contributed by atoms with van der Waals surface area (Å²) in [6.07, 6.45) is 2.31. The molecule has 0 saturated heterocycles. The maximum absolute atomic E-state index is 6.96. The van der Waals surface area contributed by atoms with Crippen LogP contribution in [0.25, 0.3) is 0 Å². The fraction of sp³-hybridized carbons (Fsp3) is 0.417. The van der Waals surface area contributed by atoms with Gasteiger partial charge in [-0.15, -0.1) is 0 Å². The van der Waals surface area contributed by atoms with Gasteiger partial charge in [0.05, 0.1) is 0 Å². The maximum Gasteiger partial charge on any atom is -0.00418 e. The number of hydrogen-bond donors (Lipinski definition) is 1. The van der Waals surface area contributed by atoms with Gasteiger partial charge in [0.25, 0.3) is 0 Å². The molecule has 1 rings (SSSR count). The summed E-state index contributed by atoms with van der Waals surface area (Å²) in [5.74, 6) is 0.480. The topological polar surface area (TPSA) is 23.9 Å². The lowest BCUT2D eigenvalue weighted by Gasteiger charge is -2.06. The second-order valence-corrected chi connectivity index (χ2v) is 2.75. The lowest BCUT2D eigenvalue weighted by atomic mass is 9.99. The van der Waals surface area contributed by atoms with Crippen LogP contribution < -0.4 is 0 Å². The van der Waals surface area contributed by atoms with E-state index in [-0.39, 0.29) is 0 Å². The van der Waals surface area contributed by atoms with Gasteiger partial charge in [0, 0.05) is 0 Å². The molecular weight excluding hydrogens is 158 g/mol. The molecule has 0 amide bonds. The van der Waals surface area contributed by atoms with Gasteiger partial charge in [-0.2, -0.15) is 0 Å². The molecule has 0 radical (unpaired) electrons. The Morgan fingerprint density at radius 2 is 1.77 bits per heavy atom. The predicted molar refractivity (Wildman–Crippen MR) is 59.6 cm³/mol. The zero-order chi connectivity index (χ0) is 10.1. The Hall–Kier alpha value is -1.11. The summed E-state index contributed by atoms with van der Waals surface area (Å²) < 4.78 is 0. The van der Waals surface area contributed by atoms with Crippen molar-refractivity contribution in [2.24, 2.45) is 0 Å². The lowest BCUT2D eigenvalue weighted by Crippen LogP contribution is -1.92. The van der Waals surface area contributed by atoms with Crippen molar-refractivity contribution < 1.29 is 0 Å². The van der Waals surface area contributed by atoms with Gasteiger partial charge >= 0.3 is 0 Å². The first-order valence-electron chi connectivity index (χ1n) is 4.88. The molecule has 1 aromatic rings. The minimum atomic E-state index is 0.480. The van der Waals surface area contributed by atoms with E-state index >= 15 is 0 Å². The third kappa shape index (κ3) is 4.46. The van der Waals surface area contributed by atoms with E-state index in [1.54, 1.807) is 0 Å². The van der Waals surface area contributed by atoms with Crippen LogP contribution in [0, 0.1) is 5.41 Å². The van der Waals surface area contributed by atoms with Crippen LogP contribution >= 0.6 is 0 Å². The molecule has 0 aliphatic heterocycles. The van der Waals surface area contributed by atoms with E-state index < -0.39 is 0 Å². The first-order valence-corrected chi connectivity index (χ1v) is 4.88. The van der Waals surface area contributed by atoms with Gasteiger partial charge in [-0.3, -0.25) is 0 Å². The maximum atomic E-state index is 6.96. The lowest BCUT2D eigenvalue weighted by molar-refractivity contribution is 0.811. The van der Waals surface area contributed by atoms with Gasteiger partial charge in [-0.05, 0) is 24.1 Å². The Morgan fingerprint density at radius 1 is 1.23 bits per heavy atom. The molecule has 0 saturated carbocycles. The van der Waals surface area contributed by atoms with Crippen LogP contribution in [-0.2, 0) is 0 Å². The Balaban J connectivity index is 0.000000671. The van der Waals surface area contributed by atoms with Crippen LogP contribution in [0.2, 0.25) is 0 Å². The normalized spacial score (nSPS) is 11.0. The van der Waals surface area contributed by atoms with E-state index in [4.69, 9.17) is 5.41 Å². The van der Waals surface area contributed by atoms with Gasteiger partial charge < -0.3 is 5.41 Å². The summed E-state index contributed by atoms with van der Waals surface area (Å²) >= 11 is 0. The van der Waals surface area contributed by atoms with Crippen LogP contribution in [0.3, 0.4) is 0 Å². The minimum absolute atomic E-state index is 0.480. The molecular formula is C12H19N. The molecule has 0 heterocycles. The van der Waals surface area contributed by atoms with Gasteiger partial charge in [-0.25, -0.2) is 0 Å². The van der Waals surface area contributed by atoms with Crippen LogP contribution in [0.5, 0.6) is 0 Å². The molecule has 0 bridgehead atoms. The largest absolute Gasteiger partial charge is 0.313 e. The Morgan fingerprint density at radius 3 is 2.23 bits per heavy atom. The summed E-state index contributed by atoms with van der Waals surface area (Å²) in [5, 5.41) is 6.96. The highest BCUT2D eigenvalue weighted by Gasteiger charge is 2.00. The zero-order valence-corrected chi connectivity index (χ0v) is 8.75. The summed E-state index contributed by atoms with van der Waals surface area (Å²) in [4.78, 5) is 0. The van der Waals surface area contributed by atoms with Crippen molar-refractivity contribution in [1.82, 2.24) is 0 Å². The third-order valence-electron chi connectivity index (χ3n) is 1.84. The standard InChI is InChI=1S/C10H13N.C2H6/c1-9(7-8-11)10-5-3-2-4-6-10;1-2/h2-6,8-9,11H,7H2,1H3;1-2H3. The second-order valence-electron chi connectivity index (χ2n) is 2.75. The Kier molecular flexibility index (Phi) is 6.89. The van der Waals surface area contributed by atoms with Crippen molar-refractivity contribution in [3.8, 4) is 0 Å². The first kappa shape index (κ1) is 11.9. The van der Waals surface area contributed by atoms with Gasteiger partial charge in [-0.1, -0.05) is 51.1 Å². The SMILES string of the molecule is CC.CC(CC=N)c1ccccc1. The molecule has 1 nitrogen and oxygen atoms in total. The molecule has 0 aliphatic carbocycles. The van der Waals surface area contributed by atoms with Crippen LogP contribution in [0.4, 0.5) is 0 Å². The van der Waals surface area contributed by atoms with Crippen molar-refractivity contribution in [1.29, 1.82) is 5.41 Å². The molecule has 1 aromatic carbocycles. The highest BCUT2D eigenvalue weighted by atomic mass is 14.3. The van der Waals surface area contributed by atoms with Crippen molar-refractivity contribution >= 4 is 6.21 Å². The molecule has 0 aliphatic rings. The fourth-order valence-corrected chi connectivity index (χ4v) is 1.09. The molecule has 1 atom stereocenters. The highest BCUT2D eigenvalue weighted by molar-refractivity contribution is 5.54. The second kappa shape index (κ2) is 7.53. The quantitative estimate of drug-likeness (QED) is 0.678. The van der Waals surface area contributed by atoms with Crippen LogP contribution in [0.15, 0.2) is 30.3 Å². The van der Waals surface area contributed by atoms with E-state index in [1.165, 1.54) is 11.8 Å². The van der Waals surface area contributed by atoms with Crippen molar-refractivity contribution in [2.45, 2.75) is 33.1 Å². The van der Waals surface area contributed by atoms with E-state index in [0.29, 0.717) is 5.92 Å². The minimum Gasteiger partial charge on any atom is -0.313 e. The summed E-state index contributed by atoms with van der Waals surface area (Å²) in [5.41, 5.74) is 1.32. The van der Waals surface area contributed by atoms with E-state index in [1.807, 2.05) is 32.0 Å². The highest BCUT2D eigenvalue weighted by Crippen LogP contribution is 2.16. The zero-order valence-electron chi connectivity index (χ0n) is 8.75. The van der Waals surface area contributed by atoms with Crippen LogP contribution in [-0.4, -0.2) is 6.21 Å². The van der Waals surface area contributed by atoms with Crippen molar-refractivity contribution in [3.05, 3.63) is 35.9 Å². The molecule has 0 aromatic heterocycles. The first-order chi connectivity index (χ1) is 6.34. The van der Waals surface area contributed by atoms with E-state index in [9.17, 15) is 0 Å². The molecule has 1 N–H and O–H groups in total. The molecule has 1 heteroatoms. The van der Waals surface area contributed by atoms with Gasteiger partial charge in [0.15, 0.2) is 0 Å². The number of nitrogens with one attached hydrogen (secondary N) is 1.